The summed E-state index contributed by atoms with van der Waals surface area (Å²) >= 11 is 2.19. The zero-order chi connectivity index (χ0) is 9.68. The highest BCUT2D eigenvalue weighted by molar-refractivity contribution is 7.99. The second-order valence-corrected chi connectivity index (χ2v) is 5.48. The molecule has 1 nitrogen and oxygen atoms in total. The lowest BCUT2D eigenvalue weighted by Gasteiger charge is -2.19. The lowest BCUT2D eigenvalue weighted by atomic mass is 10.2. The summed E-state index contributed by atoms with van der Waals surface area (Å²) in [5.74, 6) is 2.24. The first kappa shape index (κ1) is 11.4. The quantitative estimate of drug-likeness (QED) is 0.734. The third-order valence-corrected chi connectivity index (χ3v) is 4.87. The molecule has 0 saturated heterocycles. The van der Waals surface area contributed by atoms with Crippen LogP contribution in [0.1, 0.15) is 39.5 Å². The predicted molar refractivity (Wildman–Crippen MR) is 62.4 cm³/mol. The molecule has 78 valence electrons. The minimum atomic E-state index is 0.786. The number of hydrogen-bond acceptors (Lipinski definition) is 2. The van der Waals surface area contributed by atoms with E-state index in [4.69, 9.17) is 0 Å². The van der Waals surface area contributed by atoms with E-state index in [-0.39, 0.29) is 0 Å². The average molecular weight is 201 g/mol. The van der Waals surface area contributed by atoms with Gasteiger partial charge in [-0.2, -0.15) is 11.8 Å². The lowest BCUT2D eigenvalue weighted by Crippen LogP contribution is -2.31. The van der Waals surface area contributed by atoms with Gasteiger partial charge in [0.05, 0.1) is 0 Å². The fraction of sp³-hybridized carbons (Fsp3) is 1.00. The van der Waals surface area contributed by atoms with Crippen LogP contribution in [0, 0.1) is 5.92 Å². The molecule has 0 bridgehead atoms. The molecule has 3 atom stereocenters. The van der Waals surface area contributed by atoms with Crippen LogP contribution in [-0.2, 0) is 0 Å². The second kappa shape index (κ2) is 5.92. The third-order valence-electron chi connectivity index (χ3n) is 3.12. The van der Waals surface area contributed by atoms with Gasteiger partial charge in [-0.25, -0.2) is 0 Å². The first-order chi connectivity index (χ1) is 6.27. The maximum atomic E-state index is 3.43. The van der Waals surface area contributed by atoms with Gasteiger partial charge in [-0.15, -0.1) is 0 Å². The molecule has 0 spiro atoms. The number of rotatable bonds is 5. The molecule has 2 heteroatoms. The van der Waals surface area contributed by atoms with Gasteiger partial charge in [0.15, 0.2) is 0 Å². The molecule has 1 aliphatic carbocycles. The summed E-state index contributed by atoms with van der Waals surface area (Å²) < 4.78 is 0. The van der Waals surface area contributed by atoms with Crippen LogP contribution in [-0.4, -0.2) is 24.1 Å². The summed E-state index contributed by atoms with van der Waals surface area (Å²) in [6, 6.07) is 0.786. The van der Waals surface area contributed by atoms with Gasteiger partial charge in [0.1, 0.15) is 0 Å². The zero-order valence-corrected chi connectivity index (χ0v) is 9.99. The van der Waals surface area contributed by atoms with Crippen molar-refractivity contribution in [1.29, 1.82) is 0 Å². The average Bonchev–Trinajstić information content (AvgIpc) is 2.61. The van der Waals surface area contributed by atoms with Crippen molar-refractivity contribution in [1.82, 2.24) is 5.32 Å². The molecule has 0 radical (unpaired) electrons. The van der Waals surface area contributed by atoms with Crippen molar-refractivity contribution in [2.45, 2.75) is 50.8 Å². The molecular formula is C11H23NS. The molecule has 1 saturated carbocycles. The van der Waals surface area contributed by atoms with Crippen molar-refractivity contribution in [2.75, 3.05) is 12.8 Å². The second-order valence-electron chi connectivity index (χ2n) is 4.21. The summed E-state index contributed by atoms with van der Waals surface area (Å²) in [5.41, 5.74) is 0. The Bertz CT molecular complexity index is 138. The first-order valence-corrected chi connectivity index (χ1v) is 6.61. The van der Waals surface area contributed by atoms with Crippen LogP contribution in [0.15, 0.2) is 0 Å². The van der Waals surface area contributed by atoms with Gasteiger partial charge in [0.2, 0.25) is 0 Å². The van der Waals surface area contributed by atoms with E-state index in [1.807, 2.05) is 0 Å². The number of nitrogens with one attached hydrogen (secondary N) is 1. The van der Waals surface area contributed by atoms with Crippen molar-refractivity contribution in [3.8, 4) is 0 Å². The molecule has 0 aliphatic heterocycles. The molecular weight excluding hydrogens is 178 g/mol. The largest absolute Gasteiger partial charge is 0.316 e. The van der Waals surface area contributed by atoms with Gasteiger partial charge in [-0.3, -0.25) is 0 Å². The Labute approximate surface area is 87.1 Å². The zero-order valence-electron chi connectivity index (χ0n) is 9.18. The van der Waals surface area contributed by atoms with E-state index in [2.05, 4.69) is 38.0 Å². The van der Waals surface area contributed by atoms with Gasteiger partial charge < -0.3 is 5.32 Å². The van der Waals surface area contributed by atoms with Crippen molar-refractivity contribution in [3.05, 3.63) is 0 Å². The molecule has 0 amide bonds. The van der Waals surface area contributed by atoms with Gasteiger partial charge >= 0.3 is 0 Å². The Morgan fingerprint density at radius 1 is 1.46 bits per heavy atom. The lowest BCUT2D eigenvalue weighted by molar-refractivity contribution is 0.587. The van der Waals surface area contributed by atoms with Crippen LogP contribution in [0.3, 0.4) is 0 Å². The van der Waals surface area contributed by atoms with Gasteiger partial charge in [0.25, 0.3) is 0 Å². The van der Waals surface area contributed by atoms with E-state index in [0.29, 0.717) is 0 Å². The van der Waals surface area contributed by atoms with Gasteiger partial charge in [-0.1, -0.05) is 26.7 Å². The van der Waals surface area contributed by atoms with Crippen LogP contribution >= 0.6 is 11.8 Å². The van der Waals surface area contributed by atoms with Crippen LogP contribution in [0.25, 0.3) is 0 Å². The van der Waals surface area contributed by atoms with Crippen molar-refractivity contribution < 1.29 is 0 Å². The van der Waals surface area contributed by atoms with Crippen LogP contribution in [0.2, 0.25) is 0 Å². The van der Waals surface area contributed by atoms with Crippen molar-refractivity contribution >= 4 is 11.8 Å². The monoisotopic (exact) mass is 201 g/mol. The predicted octanol–water partition coefficient (Wildman–Crippen LogP) is 2.91. The SMILES string of the molecule is CCC(C)CSC1CCCC1NC. The van der Waals surface area contributed by atoms with Gasteiger partial charge in [-0.05, 0) is 31.6 Å². The fourth-order valence-electron chi connectivity index (χ4n) is 1.86. The Kier molecular flexibility index (Phi) is 5.18. The summed E-state index contributed by atoms with van der Waals surface area (Å²) in [4.78, 5) is 0. The first-order valence-electron chi connectivity index (χ1n) is 5.56. The number of thioether (sulfide) groups is 1. The maximum Gasteiger partial charge on any atom is 0.0201 e. The van der Waals surface area contributed by atoms with Crippen LogP contribution < -0.4 is 5.32 Å². The fourth-order valence-corrected chi connectivity index (χ4v) is 3.51. The molecule has 1 fully saturated rings. The summed E-state index contributed by atoms with van der Waals surface area (Å²) in [5, 5.41) is 4.32. The van der Waals surface area contributed by atoms with E-state index < -0.39 is 0 Å². The standard InChI is InChI=1S/C11H23NS/c1-4-9(2)8-13-11-7-5-6-10(11)12-3/h9-12H,4-8H2,1-3H3. The highest BCUT2D eigenvalue weighted by Gasteiger charge is 2.26. The molecule has 1 aliphatic rings. The van der Waals surface area contributed by atoms with E-state index in [0.717, 1.165) is 17.2 Å². The van der Waals surface area contributed by atoms with Gasteiger partial charge in [0, 0.05) is 11.3 Å². The third kappa shape index (κ3) is 3.51. The Balaban J connectivity index is 2.19. The molecule has 0 aromatic heterocycles. The molecule has 13 heavy (non-hydrogen) atoms. The Morgan fingerprint density at radius 3 is 2.85 bits per heavy atom. The van der Waals surface area contributed by atoms with Crippen LogP contribution in [0.4, 0.5) is 0 Å². The van der Waals surface area contributed by atoms with E-state index in [1.54, 1.807) is 0 Å². The van der Waals surface area contributed by atoms with E-state index in [1.165, 1.54) is 31.4 Å². The molecule has 0 aromatic rings. The normalized spacial score (nSPS) is 30.7. The maximum absolute atomic E-state index is 3.43. The number of hydrogen-bond donors (Lipinski definition) is 1. The van der Waals surface area contributed by atoms with E-state index >= 15 is 0 Å². The molecule has 3 unspecified atom stereocenters. The highest BCUT2D eigenvalue weighted by atomic mass is 32.2. The molecule has 1 rings (SSSR count). The smallest absolute Gasteiger partial charge is 0.0201 e. The van der Waals surface area contributed by atoms with Crippen molar-refractivity contribution in [2.24, 2.45) is 5.92 Å². The molecule has 1 N–H and O–H groups in total. The minimum absolute atomic E-state index is 0.786. The van der Waals surface area contributed by atoms with E-state index in [9.17, 15) is 0 Å². The highest BCUT2D eigenvalue weighted by Crippen LogP contribution is 2.31. The topological polar surface area (TPSA) is 12.0 Å². The summed E-state index contributed by atoms with van der Waals surface area (Å²) in [7, 11) is 2.10. The van der Waals surface area contributed by atoms with Crippen LogP contribution in [0.5, 0.6) is 0 Å². The molecule has 0 aromatic carbocycles. The Morgan fingerprint density at radius 2 is 2.23 bits per heavy atom. The van der Waals surface area contributed by atoms with Crippen molar-refractivity contribution in [3.63, 3.8) is 0 Å². The summed E-state index contributed by atoms with van der Waals surface area (Å²) in [6.45, 7) is 4.64. The summed E-state index contributed by atoms with van der Waals surface area (Å²) in [6.07, 6.45) is 5.55. The Hall–Kier alpha value is 0.310. The minimum Gasteiger partial charge on any atom is -0.316 e. The molecule has 0 heterocycles.